The first kappa shape index (κ1) is 27.6. The number of fused-ring (bicyclic) bond motifs is 14. The highest BCUT2D eigenvalue weighted by molar-refractivity contribution is 9.10. The molecule has 0 amide bonds. The van der Waals surface area contributed by atoms with Gasteiger partial charge in [-0.15, -0.1) is 0 Å². The van der Waals surface area contributed by atoms with Crippen molar-refractivity contribution in [2.24, 2.45) is 0 Å². The summed E-state index contributed by atoms with van der Waals surface area (Å²) < 4.78 is 2.16. The van der Waals surface area contributed by atoms with E-state index in [9.17, 15) is 0 Å². The monoisotopic (exact) mass is 726 g/mol. The molecule has 2 heteroatoms. The van der Waals surface area contributed by atoms with Gasteiger partial charge < -0.3 is 0 Å². The molecule has 0 heterocycles. The van der Waals surface area contributed by atoms with E-state index in [-0.39, 0.29) is 5.41 Å². The molecule has 0 aliphatic heterocycles. The van der Waals surface area contributed by atoms with Crippen LogP contribution in [0.5, 0.6) is 0 Å². The zero-order chi connectivity index (χ0) is 31.5. The summed E-state index contributed by atoms with van der Waals surface area (Å²) in [7, 11) is 0. The molecule has 0 atom stereocenters. The normalized spacial score (nSPS) is 15.0. The Balaban J connectivity index is 1.42. The second-order valence-corrected chi connectivity index (χ2v) is 14.9. The van der Waals surface area contributed by atoms with Crippen LogP contribution in [0, 0.1) is 6.92 Å². The first-order valence-electron chi connectivity index (χ1n) is 16.2. The predicted octanol–water partition coefficient (Wildman–Crippen LogP) is 12.2. The van der Waals surface area contributed by atoms with Crippen molar-refractivity contribution in [2.75, 3.05) is 0 Å². The summed E-state index contributed by atoms with van der Waals surface area (Å²) in [6.07, 6.45) is 0. The maximum absolute atomic E-state index is 3.85. The van der Waals surface area contributed by atoms with E-state index < -0.39 is 5.41 Å². The minimum Gasteiger partial charge on any atom is -0.0619 e. The molecule has 3 aliphatic carbocycles. The molecule has 7 aromatic rings. The molecule has 0 N–H and O–H groups in total. The number of halogens is 2. The SMILES string of the molecule is Cc1cccc2c1-c1c(ccc3c1-c1ccccc1C31c3ccccc3-c3ccccc31)C2(c1cccc(Br)c1)c1cccc(Br)c1. The molecule has 1 spiro atoms. The van der Waals surface area contributed by atoms with Crippen LogP contribution in [-0.2, 0) is 10.8 Å². The van der Waals surface area contributed by atoms with Crippen molar-refractivity contribution < 1.29 is 0 Å². The second-order valence-electron chi connectivity index (χ2n) is 13.1. The summed E-state index contributed by atoms with van der Waals surface area (Å²) in [5.74, 6) is 0. The fraction of sp³-hybridized carbons (Fsp3) is 0.0667. The highest BCUT2D eigenvalue weighted by Gasteiger charge is 2.55. The lowest BCUT2D eigenvalue weighted by Gasteiger charge is -2.35. The van der Waals surface area contributed by atoms with Gasteiger partial charge in [-0.2, -0.15) is 0 Å². The number of rotatable bonds is 2. The molecular formula is C45H28Br2. The van der Waals surface area contributed by atoms with Crippen molar-refractivity contribution >= 4 is 31.9 Å². The lowest BCUT2D eigenvalue weighted by molar-refractivity contribution is 0.762. The maximum atomic E-state index is 3.85. The third kappa shape index (κ3) is 3.33. The van der Waals surface area contributed by atoms with E-state index in [1.807, 2.05) is 0 Å². The number of hydrogen-bond donors (Lipinski definition) is 0. The molecule has 0 saturated carbocycles. The Morgan fingerprint density at radius 2 is 0.809 bits per heavy atom. The number of hydrogen-bond acceptors (Lipinski definition) is 0. The molecule has 0 unspecified atom stereocenters. The van der Waals surface area contributed by atoms with Crippen LogP contribution in [-0.4, -0.2) is 0 Å². The summed E-state index contributed by atoms with van der Waals surface area (Å²) in [6.45, 7) is 2.29. The van der Waals surface area contributed by atoms with E-state index in [1.54, 1.807) is 0 Å². The summed E-state index contributed by atoms with van der Waals surface area (Å²) in [5.41, 5.74) is 19.2. The van der Waals surface area contributed by atoms with Crippen LogP contribution in [0.3, 0.4) is 0 Å². The van der Waals surface area contributed by atoms with Gasteiger partial charge in [-0.1, -0.05) is 159 Å². The third-order valence-electron chi connectivity index (χ3n) is 11.0. The molecular weight excluding hydrogens is 700 g/mol. The van der Waals surface area contributed by atoms with E-state index >= 15 is 0 Å². The Hall–Kier alpha value is -4.50. The minimum absolute atomic E-state index is 0.381. The van der Waals surface area contributed by atoms with Crippen LogP contribution in [0.25, 0.3) is 33.4 Å². The van der Waals surface area contributed by atoms with Crippen molar-refractivity contribution in [2.45, 2.75) is 17.8 Å². The topological polar surface area (TPSA) is 0 Å². The molecule has 0 fully saturated rings. The van der Waals surface area contributed by atoms with Crippen molar-refractivity contribution in [1.29, 1.82) is 0 Å². The Kier molecular flexibility index (Phi) is 5.73. The lowest BCUT2D eigenvalue weighted by Crippen LogP contribution is -2.29. The first-order chi connectivity index (χ1) is 23.1. The van der Waals surface area contributed by atoms with Crippen molar-refractivity contribution in [1.82, 2.24) is 0 Å². The second kappa shape index (κ2) is 9.76. The summed E-state index contributed by atoms with van der Waals surface area (Å²) in [5, 5.41) is 0. The number of aryl methyl sites for hydroxylation is 1. The molecule has 0 nitrogen and oxygen atoms in total. The van der Waals surface area contributed by atoms with Crippen LogP contribution in [0.4, 0.5) is 0 Å². The molecule has 222 valence electrons. The zero-order valence-electron chi connectivity index (χ0n) is 25.7. The van der Waals surface area contributed by atoms with E-state index in [0.29, 0.717) is 0 Å². The summed E-state index contributed by atoms with van der Waals surface area (Å²) in [6, 6.07) is 57.0. The Morgan fingerprint density at radius 3 is 1.38 bits per heavy atom. The molecule has 0 bridgehead atoms. The lowest BCUT2D eigenvalue weighted by atomic mass is 9.66. The average molecular weight is 729 g/mol. The van der Waals surface area contributed by atoms with Gasteiger partial charge in [0.05, 0.1) is 10.8 Å². The average Bonchev–Trinajstić information content (AvgIpc) is 3.69. The molecule has 47 heavy (non-hydrogen) atoms. The minimum atomic E-state index is -0.504. The molecule has 0 aromatic heterocycles. The fourth-order valence-corrected chi connectivity index (χ4v) is 10.2. The van der Waals surface area contributed by atoms with Gasteiger partial charge in [0.2, 0.25) is 0 Å². The largest absolute Gasteiger partial charge is 0.0725 e. The quantitative estimate of drug-likeness (QED) is 0.166. The van der Waals surface area contributed by atoms with Gasteiger partial charge in [-0.05, 0) is 115 Å². The first-order valence-corrected chi connectivity index (χ1v) is 17.7. The van der Waals surface area contributed by atoms with Crippen LogP contribution >= 0.6 is 31.9 Å². The summed E-state index contributed by atoms with van der Waals surface area (Å²) in [4.78, 5) is 0. The van der Waals surface area contributed by atoms with Crippen LogP contribution < -0.4 is 0 Å². The van der Waals surface area contributed by atoms with Crippen molar-refractivity contribution in [3.63, 3.8) is 0 Å². The van der Waals surface area contributed by atoms with Gasteiger partial charge >= 0.3 is 0 Å². The zero-order valence-corrected chi connectivity index (χ0v) is 28.9. The van der Waals surface area contributed by atoms with Crippen LogP contribution in [0.2, 0.25) is 0 Å². The van der Waals surface area contributed by atoms with Crippen LogP contribution in [0.1, 0.15) is 50.1 Å². The van der Waals surface area contributed by atoms with E-state index in [0.717, 1.165) is 8.95 Å². The van der Waals surface area contributed by atoms with E-state index in [4.69, 9.17) is 0 Å². The standard InChI is InChI=1S/C45H28Br2/c1-27-11-8-22-38-41(27)43-40(44(38,28-12-9-14-30(46)25-28)29-13-10-15-31(47)26-29)24-23-39-42(43)34-18-4-7-21-37(34)45(39)35-19-5-2-16-32(35)33-17-3-6-20-36(33)45/h2-26H,1H3. The Bertz CT molecular complexity index is 2380. The summed E-state index contributed by atoms with van der Waals surface area (Å²) >= 11 is 7.70. The van der Waals surface area contributed by atoms with Gasteiger partial charge in [-0.3, -0.25) is 0 Å². The molecule has 3 aliphatic rings. The molecule has 0 saturated heterocycles. The molecule has 10 rings (SSSR count). The maximum Gasteiger partial charge on any atom is 0.0725 e. The van der Waals surface area contributed by atoms with Crippen molar-refractivity contribution in [3.8, 4) is 33.4 Å². The third-order valence-corrected chi connectivity index (χ3v) is 12.0. The van der Waals surface area contributed by atoms with Gasteiger partial charge in [0, 0.05) is 8.95 Å². The number of benzene rings is 7. The van der Waals surface area contributed by atoms with Gasteiger partial charge in [0.1, 0.15) is 0 Å². The van der Waals surface area contributed by atoms with Crippen LogP contribution in [0.15, 0.2) is 161 Å². The Labute approximate surface area is 292 Å². The van der Waals surface area contributed by atoms with Gasteiger partial charge in [-0.25, -0.2) is 0 Å². The highest BCUT2D eigenvalue weighted by Crippen LogP contribution is 2.67. The van der Waals surface area contributed by atoms with Crippen molar-refractivity contribution in [3.05, 3.63) is 211 Å². The van der Waals surface area contributed by atoms with E-state index in [1.165, 1.54) is 83.5 Å². The highest BCUT2D eigenvalue weighted by atomic mass is 79.9. The fourth-order valence-electron chi connectivity index (χ4n) is 9.45. The van der Waals surface area contributed by atoms with E-state index in [2.05, 4.69) is 190 Å². The Morgan fingerprint density at radius 1 is 0.362 bits per heavy atom. The van der Waals surface area contributed by atoms with Gasteiger partial charge in [0.25, 0.3) is 0 Å². The molecule has 0 radical (unpaired) electrons. The van der Waals surface area contributed by atoms with Gasteiger partial charge in [0.15, 0.2) is 0 Å². The smallest absolute Gasteiger partial charge is 0.0619 e. The predicted molar refractivity (Wildman–Crippen MR) is 200 cm³/mol. The molecule has 7 aromatic carbocycles.